The summed E-state index contributed by atoms with van der Waals surface area (Å²) in [7, 11) is -3.49. The molecular formula is C17H19N7O2S. The number of hydrogen-bond donors (Lipinski definition) is 1. The van der Waals surface area contributed by atoms with Crippen LogP contribution in [-0.2, 0) is 9.84 Å². The monoisotopic (exact) mass is 385 g/mol. The summed E-state index contributed by atoms with van der Waals surface area (Å²) < 4.78 is 24.5. The number of anilines is 1. The van der Waals surface area contributed by atoms with Gasteiger partial charge in [0.25, 0.3) is 0 Å². The van der Waals surface area contributed by atoms with Gasteiger partial charge in [0.2, 0.25) is 11.8 Å². The molecule has 9 nitrogen and oxygen atoms in total. The third kappa shape index (κ3) is 3.52. The second kappa shape index (κ2) is 7.03. The van der Waals surface area contributed by atoms with E-state index in [1.165, 1.54) is 12.5 Å². The number of piperidine rings is 1. The number of aromatic nitrogens is 6. The van der Waals surface area contributed by atoms with E-state index >= 15 is 0 Å². The zero-order valence-corrected chi connectivity index (χ0v) is 15.6. The average molecular weight is 385 g/mol. The first-order chi connectivity index (χ1) is 13.0. The normalized spacial score (nSPS) is 15.1. The highest BCUT2D eigenvalue weighted by Crippen LogP contribution is 2.35. The maximum Gasteiger partial charge on any atom is 0.225 e. The van der Waals surface area contributed by atoms with E-state index in [1.807, 2.05) is 0 Å². The van der Waals surface area contributed by atoms with E-state index in [0.29, 0.717) is 22.6 Å². The number of rotatable bonds is 4. The first-order valence-electron chi connectivity index (χ1n) is 8.68. The maximum absolute atomic E-state index is 12.3. The molecule has 1 N–H and O–H groups in total. The minimum atomic E-state index is -3.49. The molecule has 0 amide bonds. The molecule has 1 aliphatic rings. The van der Waals surface area contributed by atoms with Crippen molar-refractivity contribution in [1.82, 2.24) is 30.6 Å². The molecular weight excluding hydrogens is 366 g/mol. The number of H-pyrrole nitrogens is 1. The van der Waals surface area contributed by atoms with Crippen molar-refractivity contribution in [2.75, 3.05) is 24.2 Å². The van der Waals surface area contributed by atoms with Gasteiger partial charge in [-0.05, 0) is 36.1 Å². The van der Waals surface area contributed by atoms with Gasteiger partial charge in [-0.15, -0.1) is 10.2 Å². The van der Waals surface area contributed by atoms with Gasteiger partial charge < -0.3 is 4.90 Å². The van der Waals surface area contributed by atoms with Gasteiger partial charge in [-0.25, -0.2) is 18.4 Å². The molecule has 0 saturated carbocycles. The van der Waals surface area contributed by atoms with Gasteiger partial charge in [-0.2, -0.15) is 5.21 Å². The van der Waals surface area contributed by atoms with Crippen LogP contribution in [0.5, 0.6) is 0 Å². The molecule has 1 saturated heterocycles. The van der Waals surface area contributed by atoms with Crippen LogP contribution in [0.3, 0.4) is 0 Å². The fourth-order valence-electron chi connectivity index (χ4n) is 3.30. The molecule has 140 valence electrons. The molecule has 0 aliphatic carbocycles. The van der Waals surface area contributed by atoms with Crippen molar-refractivity contribution in [3.05, 3.63) is 30.6 Å². The van der Waals surface area contributed by atoms with Crippen LogP contribution in [-0.4, -0.2) is 58.4 Å². The molecule has 1 aliphatic heterocycles. The lowest BCUT2D eigenvalue weighted by molar-refractivity contribution is 0.568. The number of benzene rings is 1. The third-order valence-corrected chi connectivity index (χ3v) is 5.72. The first kappa shape index (κ1) is 17.5. The highest BCUT2D eigenvalue weighted by atomic mass is 32.2. The van der Waals surface area contributed by atoms with Crippen molar-refractivity contribution in [2.24, 2.45) is 0 Å². The molecule has 4 rings (SSSR count). The Bertz CT molecular complexity index is 1030. The smallest absolute Gasteiger partial charge is 0.225 e. The number of nitrogens with one attached hydrogen (secondary N) is 1. The summed E-state index contributed by atoms with van der Waals surface area (Å²) in [5, 5.41) is 13.9. The summed E-state index contributed by atoms with van der Waals surface area (Å²) in [6, 6.07) is 5.03. The highest BCUT2D eigenvalue weighted by Gasteiger charge is 2.22. The van der Waals surface area contributed by atoms with Crippen LogP contribution in [0.4, 0.5) is 5.95 Å². The second-order valence-electron chi connectivity index (χ2n) is 6.51. The molecule has 0 atom stereocenters. The first-order valence-corrected chi connectivity index (χ1v) is 10.6. The van der Waals surface area contributed by atoms with Crippen LogP contribution in [0.2, 0.25) is 0 Å². The van der Waals surface area contributed by atoms with Gasteiger partial charge in [-0.1, -0.05) is 12.1 Å². The number of aromatic amines is 1. The summed E-state index contributed by atoms with van der Waals surface area (Å²) in [6.45, 7) is 1.91. The molecule has 0 radical (unpaired) electrons. The highest BCUT2D eigenvalue weighted by molar-refractivity contribution is 7.90. The van der Waals surface area contributed by atoms with Gasteiger partial charge in [0.05, 0.1) is 4.90 Å². The van der Waals surface area contributed by atoms with Crippen molar-refractivity contribution >= 4 is 15.8 Å². The lowest BCUT2D eigenvalue weighted by Crippen LogP contribution is -2.30. The average Bonchev–Trinajstić information content (AvgIpc) is 3.22. The number of sulfone groups is 1. The number of hydrogen-bond acceptors (Lipinski definition) is 8. The van der Waals surface area contributed by atoms with Crippen molar-refractivity contribution in [3.63, 3.8) is 0 Å². The van der Waals surface area contributed by atoms with Crippen molar-refractivity contribution in [2.45, 2.75) is 24.2 Å². The summed E-state index contributed by atoms with van der Waals surface area (Å²) >= 11 is 0. The fourth-order valence-corrected chi connectivity index (χ4v) is 4.19. The standard InChI is InChI=1S/C17H19N7O2S/c1-27(25,26)14-7-5-6-13(15(14)16-20-22-23-21-16)12-10-18-17(19-11-12)24-8-3-2-4-9-24/h5-7,10-11H,2-4,8-9H2,1H3,(H,20,21,22,23). The second-order valence-corrected chi connectivity index (χ2v) is 8.49. The largest absolute Gasteiger partial charge is 0.341 e. The summed E-state index contributed by atoms with van der Waals surface area (Å²) in [4.78, 5) is 11.3. The molecule has 2 aromatic heterocycles. The number of tetrazole rings is 1. The van der Waals surface area contributed by atoms with E-state index in [1.54, 1.807) is 24.5 Å². The molecule has 0 unspecified atom stereocenters. The molecule has 0 spiro atoms. The summed E-state index contributed by atoms with van der Waals surface area (Å²) in [5.74, 6) is 0.907. The topological polar surface area (TPSA) is 118 Å². The molecule has 27 heavy (non-hydrogen) atoms. The van der Waals surface area contributed by atoms with Crippen LogP contribution in [0.15, 0.2) is 35.5 Å². The Morgan fingerprint density at radius 3 is 2.44 bits per heavy atom. The van der Waals surface area contributed by atoms with Crippen molar-refractivity contribution < 1.29 is 8.42 Å². The fraction of sp³-hybridized carbons (Fsp3) is 0.353. The van der Waals surface area contributed by atoms with Gasteiger partial charge in [0.15, 0.2) is 9.84 Å². The zero-order chi connectivity index (χ0) is 18.9. The van der Waals surface area contributed by atoms with Crippen LogP contribution < -0.4 is 4.90 Å². The van der Waals surface area contributed by atoms with E-state index in [-0.39, 0.29) is 10.7 Å². The zero-order valence-electron chi connectivity index (χ0n) is 14.8. The Morgan fingerprint density at radius 1 is 1.07 bits per heavy atom. The Hall–Kier alpha value is -2.88. The van der Waals surface area contributed by atoms with Gasteiger partial charge in [0.1, 0.15) is 0 Å². The molecule has 3 heterocycles. The molecule has 10 heteroatoms. The van der Waals surface area contributed by atoms with E-state index in [9.17, 15) is 8.42 Å². The Balaban J connectivity index is 1.80. The maximum atomic E-state index is 12.3. The van der Waals surface area contributed by atoms with Crippen LogP contribution in [0.1, 0.15) is 19.3 Å². The van der Waals surface area contributed by atoms with Gasteiger partial charge in [0, 0.05) is 42.9 Å². The van der Waals surface area contributed by atoms with E-state index in [0.717, 1.165) is 32.2 Å². The quantitative estimate of drug-likeness (QED) is 0.721. The predicted octanol–water partition coefficient (Wildman–Crippen LogP) is 1.72. The van der Waals surface area contributed by atoms with E-state index < -0.39 is 9.84 Å². The Morgan fingerprint density at radius 2 is 1.81 bits per heavy atom. The predicted molar refractivity (Wildman–Crippen MR) is 99.8 cm³/mol. The minimum absolute atomic E-state index is 0.140. The lowest BCUT2D eigenvalue weighted by Gasteiger charge is -2.26. The SMILES string of the molecule is CS(=O)(=O)c1cccc(-c2cnc(N3CCCCC3)nc2)c1-c1nn[nH]n1. The van der Waals surface area contributed by atoms with Crippen molar-refractivity contribution in [1.29, 1.82) is 0 Å². The lowest BCUT2D eigenvalue weighted by atomic mass is 10.0. The summed E-state index contributed by atoms with van der Waals surface area (Å²) in [5.41, 5.74) is 1.73. The number of nitrogens with zero attached hydrogens (tertiary/aromatic N) is 6. The van der Waals surface area contributed by atoms with Crippen LogP contribution in [0, 0.1) is 0 Å². The van der Waals surface area contributed by atoms with Gasteiger partial charge >= 0.3 is 0 Å². The third-order valence-electron chi connectivity index (χ3n) is 4.58. The van der Waals surface area contributed by atoms with Crippen LogP contribution >= 0.6 is 0 Å². The Labute approximate surface area is 156 Å². The van der Waals surface area contributed by atoms with Crippen LogP contribution in [0.25, 0.3) is 22.5 Å². The Kier molecular flexibility index (Phi) is 4.56. The van der Waals surface area contributed by atoms with Gasteiger partial charge in [-0.3, -0.25) is 0 Å². The molecule has 3 aromatic rings. The molecule has 0 bridgehead atoms. The minimum Gasteiger partial charge on any atom is -0.341 e. The van der Waals surface area contributed by atoms with E-state index in [2.05, 4.69) is 35.5 Å². The molecule has 1 aromatic carbocycles. The van der Waals surface area contributed by atoms with E-state index in [4.69, 9.17) is 0 Å². The molecule has 1 fully saturated rings. The van der Waals surface area contributed by atoms with Crippen molar-refractivity contribution in [3.8, 4) is 22.5 Å². The summed E-state index contributed by atoms with van der Waals surface area (Å²) in [6.07, 6.45) is 8.10.